The molecule has 2 unspecified atom stereocenters. The summed E-state index contributed by atoms with van der Waals surface area (Å²) in [5, 5.41) is 2.42. The summed E-state index contributed by atoms with van der Waals surface area (Å²) in [5.41, 5.74) is 0. The molecule has 2 aliphatic rings. The molecule has 0 bridgehead atoms. The molecule has 2 saturated heterocycles. The van der Waals surface area contributed by atoms with Gasteiger partial charge in [-0.3, -0.25) is 0 Å². The lowest BCUT2D eigenvalue weighted by molar-refractivity contribution is -0.182. The number of hydrogen-bond donors (Lipinski definition) is 1. The van der Waals surface area contributed by atoms with Crippen molar-refractivity contribution in [3.8, 4) is 0 Å². The quantitative estimate of drug-likeness (QED) is 0.837. The van der Waals surface area contributed by atoms with Gasteiger partial charge in [0.25, 0.3) is 0 Å². The van der Waals surface area contributed by atoms with Gasteiger partial charge in [-0.15, -0.1) is 0 Å². The first-order valence-corrected chi connectivity index (χ1v) is 8.08. The lowest BCUT2D eigenvalue weighted by Gasteiger charge is -2.36. The van der Waals surface area contributed by atoms with Crippen molar-refractivity contribution < 1.29 is 21.6 Å². The summed E-state index contributed by atoms with van der Waals surface area (Å²) >= 11 is 0. The Labute approximate surface area is 111 Å². The molecule has 0 amide bonds. The number of sulfonamides is 1. The second kappa shape index (κ2) is 5.57. The number of nitrogens with one attached hydrogen (secondary N) is 1. The molecule has 0 aromatic rings. The number of alkyl halides is 3. The average molecular weight is 300 g/mol. The first-order chi connectivity index (χ1) is 8.82. The molecule has 0 saturated carbocycles. The van der Waals surface area contributed by atoms with Gasteiger partial charge >= 0.3 is 6.18 Å². The molecule has 8 heteroatoms. The molecule has 2 atom stereocenters. The Morgan fingerprint density at radius 2 is 1.89 bits per heavy atom. The normalized spacial score (nSPS) is 31.3. The van der Waals surface area contributed by atoms with Crippen molar-refractivity contribution in [1.29, 1.82) is 0 Å². The molecule has 2 heterocycles. The van der Waals surface area contributed by atoms with Gasteiger partial charge in [0.1, 0.15) is 0 Å². The molecule has 2 fully saturated rings. The van der Waals surface area contributed by atoms with Gasteiger partial charge in [-0.25, -0.2) is 12.7 Å². The Kier molecular flexibility index (Phi) is 4.42. The first-order valence-electron chi connectivity index (χ1n) is 6.58. The average Bonchev–Trinajstić information content (AvgIpc) is 2.39. The summed E-state index contributed by atoms with van der Waals surface area (Å²) in [4.78, 5) is 0. The lowest BCUT2D eigenvalue weighted by atomic mass is 9.99. The monoisotopic (exact) mass is 300 g/mol. The highest BCUT2D eigenvalue weighted by Crippen LogP contribution is 2.34. The van der Waals surface area contributed by atoms with Crippen molar-refractivity contribution in [3.05, 3.63) is 0 Å². The maximum atomic E-state index is 12.7. The third kappa shape index (κ3) is 3.41. The van der Waals surface area contributed by atoms with E-state index in [4.69, 9.17) is 0 Å². The zero-order chi connectivity index (χ0) is 14.1. The van der Waals surface area contributed by atoms with Crippen LogP contribution in [0, 0.1) is 5.92 Å². The van der Waals surface area contributed by atoms with Crippen LogP contribution in [0.25, 0.3) is 0 Å². The Morgan fingerprint density at radius 3 is 2.47 bits per heavy atom. The SMILES string of the molecule is O=S(=O)(C1CCCNC1)N1CCCC(C(F)(F)F)C1. The van der Waals surface area contributed by atoms with Crippen LogP contribution < -0.4 is 5.32 Å². The van der Waals surface area contributed by atoms with E-state index in [9.17, 15) is 21.6 Å². The van der Waals surface area contributed by atoms with Crippen molar-refractivity contribution in [2.24, 2.45) is 5.92 Å². The first kappa shape index (κ1) is 15.1. The minimum atomic E-state index is -4.31. The fraction of sp³-hybridized carbons (Fsp3) is 1.00. The Hall–Kier alpha value is -0.340. The van der Waals surface area contributed by atoms with E-state index < -0.39 is 33.9 Å². The molecule has 4 nitrogen and oxygen atoms in total. The van der Waals surface area contributed by atoms with E-state index in [-0.39, 0.29) is 19.4 Å². The Bertz CT molecular complexity index is 405. The summed E-state index contributed by atoms with van der Waals surface area (Å²) in [7, 11) is -3.61. The standard InChI is InChI=1S/C11H19F3N2O2S/c12-11(13,14)9-3-2-6-16(8-9)19(17,18)10-4-1-5-15-7-10/h9-10,15H,1-8H2. The van der Waals surface area contributed by atoms with Crippen LogP contribution in [0.15, 0.2) is 0 Å². The number of rotatable bonds is 2. The highest BCUT2D eigenvalue weighted by Gasteiger charge is 2.45. The van der Waals surface area contributed by atoms with E-state index in [1.54, 1.807) is 0 Å². The van der Waals surface area contributed by atoms with Gasteiger partial charge in [0.2, 0.25) is 10.0 Å². The number of piperidine rings is 2. The predicted octanol–water partition coefficient (Wildman–Crippen LogP) is 1.34. The highest BCUT2D eigenvalue weighted by molar-refractivity contribution is 7.89. The van der Waals surface area contributed by atoms with E-state index in [0.717, 1.165) is 17.3 Å². The zero-order valence-corrected chi connectivity index (χ0v) is 11.4. The molecule has 1 N–H and O–H groups in total. The fourth-order valence-electron chi connectivity index (χ4n) is 2.73. The van der Waals surface area contributed by atoms with Gasteiger partial charge in [-0.2, -0.15) is 13.2 Å². The number of hydrogen-bond acceptors (Lipinski definition) is 3. The van der Waals surface area contributed by atoms with Crippen LogP contribution in [-0.2, 0) is 10.0 Å². The summed E-state index contributed by atoms with van der Waals surface area (Å²) < 4.78 is 63.8. The van der Waals surface area contributed by atoms with Gasteiger partial charge in [0, 0.05) is 19.6 Å². The Morgan fingerprint density at radius 1 is 1.16 bits per heavy atom. The van der Waals surface area contributed by atoms with Crippen LogP contribution in [0.1, 0.15) is 25.7 Å². The highest BCUT2D eigenvalue weighted by atomic mass is 32.2. The molecule has 112 valence electrons. The molecule has 0 spiro atoms. The minimum absolute atomic E-state index is 0.0262. The lowest BCUT2D eigenvalue weighted by Crippen LogP contribution is -2.51. The molecule has 0 aromatic heterocycles. The van der Waals surface area contributed by atoms with Gasteiger partial charge < -0.3 is 5.32 Å². The predicted molar refractivity (Wildman–Crippen MR) is 65.2 cm³/mol. The second-order valence-corrected chi connectivity index (χ2v) is 7.47. The van der Waals surface area contributed by atoms with Crippen LogP contribution in [0.2, 0.25) is 0 Å². The van der Waals surface area contributed by atoms with Crippen LogP contribution in [0.4, 0.5) is 13.2 Å². The summed E-state index contributed by atoms with van der Waals surface area (Å²) in [6, 6.07) is 0. The van der Waals surface area contributed by atoms with Crippen molar-refractivity contribution in [2.45, 2.75) is 37.1 Å². The van der Waals surface area contributed by atoms with Crippen molar-refractivity contribution in [2.75, 3.05) is 26.2 Å². The Balaban J connectivity index is 2.07. The van der Waals surface area contributed by atoms with Crippen LogP contribution in [-0.4, -0.2) is 50.3 Å². The van der Waals surface area contributed by atoms with Crippen LogP contribution in [0.5, 0.6) is 0 Å². The molecule has 2 rings (SSSR count). The summed E-state index contributed by atoms with van der Waals surface area (Å²) in [6.07, 6.45) is -2.72. The van der Waals surface area contributed by atoms with E-state index >= 15 is 0 Å². The minimum Gasteiger partial charge on any atom is -0.315 e. The molecule has 0 radical (unpaired) electrons. The van der Waals surface area contributed by atoms with Gasteiger partial charge in [-0.1, -0.05) is 0 Å². The zero-order valence-electron chi connectivity index (χ0n) is 10.6. The van der Waals surface area contributed by atoms with E-state index in [2.05, 4.69) is 5.32 Å². The van der Waals surface area contributed by atoms with E-state index in [1.165, 1.54) is 0 Å². The second-order valence-electron chi connectivity index (χ2n) is 5.25. The maximum absolute atomic E-state index is 12.7. The van der Waals surface area contributed by atoms with Gasteiger partial charge in [0.15, 0.2) is 0 Å². The largest absolute Gasteiger partial charge is 0.393 e. The van der Waals surface area contributed by atoms with E-state index in [1.807, 2.05) is 0 Å². The maximum Gasteiger partial charge on any atom is 0.393 e. The van der Waals surface area contributed by atoms with E-state index in [0.29, 0.717) is 13.0 Å². The third-order valence-electron chi connectivity index (χ3n) is 3.88. The molecular weight excluding hydrogens is 281 g/mol. The third-order valence-corrected chi connectivity index (χ3v) is 6.18. The smallest absolute Gasteiger partial charge is 0.315 e. The summed E-state index contributed by atoms with van der Waals surface area (Å²) in [5.74, 6) is -1.52. The number of nitrogens with zero attached hydrogens (tertiary/aromatic N) is 1. The van der Waals surface area contributed by atoms with Gasteiger partial charge in [-0.05, 0) is 32.2 Å². The van der Waals surface area contributed by atoms with Gasteiger partial charge in [0.05, 0.1) is 11.2 Å². The number of halogens is 3. The van der Waals surface area contributed by atoms with Crippen molar-refractivity contribution >= 4 is 10.0 Å². The van der Waals surface area contributed by atoms with Crippen LogP contribution >= 0.6 is 0 Å². The molecule has 2 aliphatic heterocycles. The van der Waals surface area contributed by atoms with Crippen molar-refractivity contribution in [3.63, 3.8) is 0 Å². The molecule has 0 aliphatic carbocycles. The molecule has 0 aromatic carbocycles. The van der Waals surface area contributed by atoms with Crippen molar-refractivity contribution in [1.82, 2.24) is 9.62 Å². The summed E-state index contributed by atoms with van der Waals surface area (Å²) in [6.45, 7) is 0.917. The van der Waals surface area contributed by atoms with Crippen LogP contribution in [0.3, 0.4) is 0 Å². The topological polar surface area (TPSA) is 49.4 Å². The fourth-order valence-corrected chi connectivity index (χ4v) is 4.71. The molecule has 19 heavy (non-hydrogen) atoms. The molecular formula is C11H19F3N2O2S.